The van der Waals surface area contributed by atoms with Crippen LogP contribution in [0, 0.1) is 0 Å². The molecule has 0 fully saturated rings. The summed E-state index contributed by atoms with van der Waals surface area (Å²) in [5, 5.41) is 0. The third kappa shape index (κ3) is 69.7. The lowest BCUT2D eigenvalue weighted by atomic mass is 10.4. The Morgan fingerprint density at radius 2 is 0.824 bits per heavy atom. The van der Waals surface area contributed by atoms with Crippen molar-refractivity contribution in [2.24, 2.45) is 0 Å². The van der Waals surface area contributed by atoms with Crippen LogP contribution in [0.2, 0.25) is 0 Å². The van der Waals surface area contributed by atoms with Crippen molar-refractivity contribution in [2.75, 3.05) is 23.5 Å². The Morgan fingerprint density at radius 3 is 0.853 bits per heavy atom. The second-order valence-electron chi connectivity index (χ2n) is 5.45. The fourth-order valence-electron chi connectivity index (χ4n) is 0.585. The summed E-state index contributed by atoms with van der Waals surface area (Å²) in [7, 11) is -20.5. The minimum atomic E-state index is -5.84. The number of rotatable bonds is 6. The van der Waals surface area contributed by atoms with Crippen LogP contribution in [0.4, 0.5) is 13.2 Å². The largest absolute Gasteiger partial charge is 0.522 e. The van der Waals surface area contributed by atoms with Crippen molar-refractivity contribution in [1.82, 2.24) is 0 Å². The van der Waals surface area contributed by atoms with Crippen LogP contribution in [0.1, 0.15) is 40.0 Å². The summed E-state index contributed by atoms with van der Waals surface area (Å²) in [6.45, 7) is 4.92. The second kappa shape index (κ2) is 18.6. The van der Waals surface area contributed by atoms with Gasteiger partial charge in [0.1, 0.15) is 0 Å². The highest BCUT2D eigenvalue weighted by Gasteiger charge is 2.44. The van der Waals surface area contributed by atoms with E-state index in [2.05, 4.69) is 0 Å². The highest BCUT2D eigenvalue weighted by molar-refractivity contribution is 7.87. The number of hydrogen-bond acceptors (Lipinski definition) is 10. The van der Waals surface area contributed by atoms with Crippen LogP contribution in [0.3, 0.4) is 0 Å². The van der Waals surface area contributed by atoms with Crippen molar-refractivity contribution in [3.63, 3.8) is 0 Å². The van der Waals surface area contributed by atoms with E-state index in [9.17, 15) is 46.8 Å². The number of alkyl halides is 3. The molecule has 23 heteroatoms. The van der Waals surface area contributed by atoms with Gasteiger partial charge in [0.25, 0.3) is 40.5 Å². The van der Waals surface area contributed by atoms with Crippen molar-refractivity contribution in [2.45, 2.75) is 45.5 Å². The Kier molecular flexibility index (Phi) is 23.7. The molecule has 214 valence electrons. The smallest absolute Gasteiger partial charge is 0.286 e. The fourth-order valence-corrected chi connectivity index (χ4v) is 1.75. The molecule has 0 aromatic heterocycles. The number of halogens is 3. The van der Waals surface area contributed by atoms with Crippen LogP contribution < -0.4 is 0 Å². The summed E-state index contributed by atoms with van der Waals surface area (Å²) in [4.78, 5) is 0. The molecule has 0 bridgehead atoms. The van der Waals surface area contributed by atoms with Crippen molar-refractivity contribution in [3.05, 3.63) is 0 Å². The Morgan fingerprint density at radius 1 is 0.588 bits per heavy atom. The summed E-state index contributed by atoms with van der Waals surface area (Å²) in [5.41, 5.74) is -5.53. The quantitative estimate of drug-likeness (QED) is 0.203. The molecular weight excluding hydrogens is 589 g/mol. The van der Waals surface area contributed by atoms with Gasteiger partial charge in [-0.1, -0.05) is 20.3 Å². The molecule has 34 heavy (non-hydrogen) atoms. The van der Waals surface area contributed by atoms with Crippen LogP contribution in [0.25, 0.3) is 0 Å². The molecule has 0 saturated carbocycles. The highest BCUT2D eigenvalue weighted by atomic mass is 32.2. The lowest BCUT2D eigenvalue weighted by molar-refractivity contribution is -0.0510. The Hall–Kier alpha value is -0.660. The van der Waals surface area contributed by atoms with Gasteiger partial charge in [-0.25, -0.2) is 0 Å². The van der Waals surface area contributed by atoms with Gasteiger partial charge >= 0.3 is 15.6 Å². The van der Waals surface area contributed by atoms with E-state index in [-0.39, 0.29) is 17.3 Å². The van der Waals surface area contributed by atoms with Crippen LogP contribution in [-0.4, -0.2) is 93.9 Å². The molecule has 0 spiro atoms. The molecule has 0 aliphatic heterocycles. The average molecular weight is 619 g/mol. The number of hydrogen-bond donors (Lipinski definition) is 5. The maximum Gasteiger partial charge on any atom is 0.522 e. The molecule has 0 radical (unpaired) electrons. The maximum absolute atomic E-state index is 10.7. The van der Waals surface area contributed by atoms with Gasteiger partial charge in [0.05, 0.1) is 23.5 Å². The molecule has 0 rings (SSSR count). The molecule has 0 aromatic carbocycles. The Balaban J connectivity index is -0.000000104. The lowest BCUT2D eigenvalue weighted by Gasteiger charge is -1.97. The number of unbranched alkanes of at least 4 members (excludes halogenated alkanes) is 1. The van der Waals surface area contributed by atoms with Gasteiger partial charge in [0.15, 0.2) is 0 Å². The summed E-state index contributed by atoms with van der Waals surface area (Å²) >= 11 is 0. The van der Waals surface area contributed by atoms with Crippen LogP contribution in [-0.2, 0) is 50.6 Å². The molecule has 0 aliphatic rings. The highest BCUT2D eigenvalue weighted by Crippen LogP contribution is 2.20. The Bertz CT molecular complexity index is 1030. The van der Waals surface area contributed by atoms with E-state index in [0.29, 0.717) is 19.1 Å². The monoisotopic (exact) mass is 618 g/mol. The van der Waals surface area contributed by atoms with Gasteiger partial charge in [0, 0.05) is 0 Å². The van der Waals surface area contributed by atoms with Gasteiger partial charge in [0.2, 0.25) is 0 Å². The molecule has 0 aliphatic carbocycles. The van der Waals surface area contributed by atoms with Gasteiger partial charge < -0.3 is 0 Å². The predicted octanol–water partition coefficient (Wildman–Crippen LogP) is 0.751. The van der Waals surface area contributed by atoms with Gasteiger partial charge in [-0.3, -0.25) is 22.8 Å². The Labute approximate surface area is 197 Å². The fraction of sp³-hybridized carbons (Fsp3) is 1.00. The summed E-state index contributed by atoms with van der Waals surface area (Å²) in [6, 6.07) is 0. The third-order valence-electron chi connectivity index (χ3n) is 1.88. The van der Waals surface area contributed by atoms with Crippen molar-refractivity contribution in [3.8, 4) is 0 Å². The van der Waals surface area contributed by atoms with Crippen molar-refractivity contribution < 1.29 is 78.0 Å². The molecule has 0 heterocycles. The first-order valence-electron chi connectivity index (χ1n) is 8.25. The normalized spacial score (nSPS) is 12.2. The predicted molar refractivity (Wildman–Crippen MR) is 115 cm³/mol. The average Bonchev–Trinajstić information content (AvgIpc) is 2.48. The molecule has 0 unspecified atom stereocenters. The molecule has 0 saturated heterocycles. The standard InChI is InChI=1S/C4H10O3S.C3H8O3S.C2H6O3S.CHF3O3S.CH4O3S/c1-2-3-4-8(5,6)7;1-2-3-7(4,5)6;1-2-6(3,4)5;2-1(3,4)8(5,6)7;1-5(2,3)4/h2-4H2,1H3,(H,5,6,7);2-3H2,1H3,(H,4,5,6);2H2,1H3,(H,3,4,5);(H,5,6,7);1H3,(H,2,3,4). The molecule has 5 N–H and O–H groups in total. The SMILES string of the molecule is CCCCS(=O)(=O)O.CCCS(=O)(=O)O.CCS(=O)(=O)O.CS(=O)(=O)O.O=S(=O)(O)C(F)(F)F. The minimum absolute atomic E-state index is 0.108. The van der Waals surface area contributed by atoms with Crippen LogP contribution >= 0.6 is 0 Å². The first-order chi connectivity index (χ1) is 14.4. The second-order valence-corrected chi connectivity index (χ2v) is 13.2. The van der Waals surface area contributed by atoms with Gasteiger partial charge in [-0.05, 0) is 19.8 Å². The van der Waals surface area contributed by atoms with Crippen LogP contribution in [0.5, 0.6) is 0 Å². The van der Waals surface area contributed by atoms with E-state index in [1.807, 2.05) is 6.92 Å². The molecule has 0 atom stereocenters. The molecular formula is C11H29F3O15S5. The van der Waals surface area contributed by atoms with Crippen LogP contribution in [0.15, 0.2) is 0 Å². The van der Waals surface area contributed by atoms with E-state index in [4.69, 9.17) is 31.2 Å². The van der Waals surface area contributed by atoms with E-state index >= 15 is 0 Å². The molecule has 0 aromatic rings. The topological polar surface area (TPSA) is 272 Å². The summed E-state index contributed by atoms with van der Waals surface area (Å²) in [5.74, 6) is -0.441. The van der Waals surface area contributed by atoms with Gasteiger partial charge in [-0.15, -0.1) is 0 Å². The van der Waals surface area contributed by atoms with Crippen molar-refractivity contribution >= 4 is 50.6 Å². The maximum atomic E-state index is 10.7. The summed E-state index contributed by atoms with van der Waals surface area (Å²) in [6.07, 6.45) is 2.52. The van der Waals surface area contributed by atoms with Crippen molar-refractivity contribution in [1.29, 1.82) is 0 Å². The van der Waals surface area contributed by atoms with E-state index < -0.39 is 56.1 Å². The zero-order valence-electron chi connectivity index (χ0n) is 18.2. The summed E-state index contributed by atoms with van der Waals surface area (Å²) < 4.78 is 166. The minimum Gasteiger partial charge on any atom is -0.286 e. The van der Waals surface area contributed by atoms with E-state index in [0.717, 1.165) is 6.42 Å². The van der Waals surface area contributed by atoms with E-state index in [1.54, 1.807) is 6.92 Å². The molecule has 0 amide bonds. The first-order valence-corrected chi connectivity index (χ1v) is 16.4. The zero-order chi connectivity index (χ0) is 29.2. The molecule has 15 nitrogen and oxygen atoms in total. The van der Waals surface area contributed by atoms with E-state index in [1.165, 1.54) is 6.92 Å². The third-order valence-corrected chi connectivity index (χ3v) is 4.92. The first kappa shape index (κ1) is 43.4. The zero-order valence-corrected chi connectivity index (χ0v) is 22.3. The lowest BCUT2D eigenvalue weighted by Crippen LogP contribution is -2.21. The van der Waals surface area contributed by atoms with Gasteiger partial charge in [-0.2, -0.15) is 55.3 Å².